The van der Waals surface area contributed by atoms with Gasteiger partial charge in [0.05, 0.1) is 0 Å². The Kier molecular flexibility index (Phi) is 7.63. The van der Waals surface area contributed by atoms with Crippen LogP contribution in [0.25, 0.3) is 0 Å². The minimum atomic E-state index is -4.36. The minimum Gasteiger partial charge on any atom is -0.353 e. The number of halogens is 4. The summed E-state index contributed by atoms with van der Waals surface area (Å²) in [6.45, 7) is 1.34. The van der Waals surface area contributed by atoms with E-state index in [1.54, 1.807) is 0 Å². The van der Waals surface area contributed by atoms with Crippen LogP contribution in [0.15, 0.2) is 24.3 Å². The third-order valence-corrected chi connectivity index (χ3v) is 5.91. The van der Waals surface area contributed by atoms with Gasteiger partial charge in [0.15, 0.2) is 0 Å². The van der Waals surface area contributed by atoms with Gasteiger partial charge >= 0.3 is 6.18 Å². The van der Waals surface area contributed by atoms with Crippen molar-refractivity contribution in [1.82, 2.24) is 15.5 Å². The number of aryl methyl sites for hydroxylation is 1. The van der Waals surface area contributed by atoms with Crippen molar-refractivity contribution in [2.24, 2.45) is 0 Å². The molecule has 1 saturated heterocycles. The molecule has 2 aliphatic rings. The highest BCUT2D eigenvalue weighted by Crippen LogP contribution is 2.36. The number of piperazine rings is 1. The van der Waals surface area contributed by atoms with Crippen molar-refractivity contribution in [3.63, 3.8) is 0 Å². The average molecular weight is 410 g/mol. The van der Waals surface area contributed by atoms with Crippen LogP contribution >= 0.6 is 24.2 Å². The lowest BCUT2D eigenvalue weighted by atomic mass is 10.0. The Hall–Kier alpha value is -0.960. The van der Waals surface area contributed by atoms with Crippen LogP contribution in [0, 0.1) is 0 Å². The first-order valence-electron chi connectivity index (χ1n) is 8.45. The number of hydrogen-bond acceptors (Lipinski definition) is 4. The molecule has 0 saturated carbocycles. The van der Waals surface area contributed by atoms with Gasteiger partial charge in [-0.3, -0.25) is 9.69 Å². The molecule has 0 aromatic heterocycles. The van der Waals surface area contributed by atoms with Crippen molar-refractivity contribution < 1.29 is 18.0 Å². The molecule has 146 valence electrons. The molecule has 1 aromatic carbocycles. The predicted molar refractivity (Wildman–Crippen MR) is 99.9 cm³/mol. The van der Waals surface area contributed by atoms with Gasteiger partial charge in [0.2, 0.25) is 5.91 Å². The Morgan fingerprint density at radius 1 is 1.31 bits per heavy atom. The number of benzene rings is 1. The largest absolute Gasteiger partial charge is 0.405 e. The van der Waals surface area contributed by atoms with Crippen LogP contribution in [0.5, 0.6) is 0 Å². The zero-order valence-electron chi connectivity index (χ0n) is 14.2. The van der Waals surface area contributed by atoms with Gasteiger partial charge in [0, 0.05) is 32.7 Å². The third-order valence-electron chi connectivity index (χ3n) is 4.67. The van der Waals surface area contributed by atoms with Crippen LogP contribution in [0.4, 0.5) is 13.2 Å². The zero-order valence-corrected chi connectivity index (χ0v) is 15.9. The Bertz CT molecular complexity index is 611. The Morgan fingerprint density at radius 2 is 2.00 bits per heavy atom. The van der Waals surface area contributed by atoms with Gasteiger partial charge in [-0.1, -0.05) is 24.3 Å². The van der Waals surface area contributed by atoms with Gasteiger partial charge in [0.1, 0.15) is 11.3 Å². The summed E-state index contributed by atoms with van der Waals surface area (Å²) in [7, 11) is 0. The predicted octanol–water partition coefficient (Wildman–Crippen LogP) is 2.39. The maximum atomic E-state index is 13.4. The van der Waals surface area contributed by atoms with E-state index in [0.717, 1.165) is 23.3 Å². The third kappa shape index (κ3) is 5.06. The molecule has 0 bridgehead atoms. The second-order valence-corrected chi connectivity index (χ2v) is 7.50. The van der Waals surface area contributed by atoms with E-state index in [1.807, 2.05) is 24.3 Å². The van der Waals surface area contributed by atoms with Crippen molar-refractivity contribution in [2.75, 3.05) is 38.5 Å². The number of carbonyl (C=O) groups is 1. The van der Waals surface area contributed by atoms with Gasteiger partial charge in [-0.05, 0) is 23.3 Å². The first-order valence-corrected chi connectivity index (χ1v) is 9.50. The van der Waals surface area contributed by atoms with Gasteiger partial charge < -0.3 is 10.6 Å². The van der Waals surface area contributed by atoms with Crippen molar-refractivity contribution in [1.29, 1.82) is 0 Å². The number of nitrogens with one attached hydrogen (secondary N) is 2. The summed E-state index contributed by atoms with van der Waals surface area (Å²) >= 11 is 1.49. The number of amides is 1. The van der Waals surface area contributed by atoms with E-state index in [0.29, 0.717) is 26.2 Å². The Morgan fingerprint density at radius 3 is 2.69 bits per heavy atom. The highest BCUT2D eigenvalue weighted by atomic mass is 35.5. The van der Waals surface area contributed by atoms with Crippen LogP contribution in [-0.2, 0) is 11.2 Å². The molecule has 3 rings (SSSR count). The number of nitrogens with zero attached hydrogens (tertiary/aromatic N) is 1. The van der Waals surface area contributed by atoms with E-state index in [1.165, 1.54) is 16.7 Å². The summed E-state index contributed by atoms with van der Waals surface area (Å²) in [4.78, 5) is 13.9. The lowest BCUT2D eigenvalue weighted by Gasteiger charge is -2.36. The normalized spacial score (nSPS) is 22.0. The van der Waals surface area contributed by atoms with Gasteiger partial charge in [0.25, 0.3) is 0 Å². The number of rotatable bonds is 4. The van der Waals surface area contributed by atoms with Gasteiger partial charge in [-0.15, -0.1) is 24.2 Å². The highest BCUT2D eigenvalue weighted by Gasteiger charge is 2.44. The van der Waals surface area contributed by atoms with Crippen LogP contribution in [-0.4, -0.2) is 61.5 Å². The molecule has 2 N–H and O–H groups in total. The van der Waals surface area contributed by atoms with Crippen LogP contribution < -0.4 is 10.6 Å². The molecule has 2 aliphatic heterocycles. The summed E-state index contributed by atoms with van der Waals surface area (Å²) < 4.78 is 40.3. The molecule has 0 spiro atoms. The van der Waals surface area contributed by atoms with E-state index in [2.05, 4.69) is 10.6 Å². The molecule has 2 unspecified atom stereocenters. The van der Waals surface area contributed by atoms with E-state index < -0.39 is 24.0 Å². The Balaban J connectivity index is 0.00000243. The molecule has 26 heavy (non-hydrogen) atoms. The van der Waals surface area contributed by atoms with Crippen molar-refractivity contribution >= 4 is 30.1 Å². The summed E-state index contributed by atoms with van der Waals surface area (Å²) in [6, 6.07) is 6.03. The minimum absolute atomic E-state index is 0. The van der Waals surface area contributed by atoms with Crippen LogP contribution in [0.1, 0.15) is 16.4 Å². The number of hydrogen-bond donors (Lipinski definition) is 2. The van der Waals surface area contributed by atoms with E-state index in [-0.39, 0.29) is 18.3 Å². The number of alkyl halides is 3. The molecular formula is C17H23ClF3N3OS. The van der Waals surface area contributed by atoms with Gasteiger partial charge in [-0.25, -0.2) is 0 Å². The molecular weight excluding hydrogens is 387 g/mol. The molecule has 4 nitrogen and oxygen atoms in total. The van der Waals surface area contributed by atoms with Gasteiger partial charge in [-0.2, -0.15) is 13.2 Å². The maximum absolute atomic E-state index is 13.4. The lowest BCUT2D eigenvalue weighted by molar-refractivity contribution is -0.184. The smallest absolute Gasteiger partial charge is 0.353 e. The molecule has 1 aromatic rings. The first kappa shape index (κ1) is 21.3. The maximum Gasteiger partial charge on any atom is 0.405 e. The van der Waals surface area contributed by atoms with Crippen molar-refractivity contribution in [3.05, 3.63) is 35.4 Å². The fourth-order valence-electron chi connectivity index (χ4n) is 3.35. The second kappa shape index (κ2) is 9.30. The summed E-state index contributed by atoms with van der Waals surface area (Å²) in [5.41, 5.74) is 2.03. The van der Waals surface area contributed by atoms with E-state index >= 15 is 0 Å². The summed E-state index contributed by atoms with van der Waals surface area (Å²) in [5, 5.41) is 5.18. The van der Waals surface area contributed by atoms with Crippen molar-refractivity contribution in [3.8, 4) is 0 Å². The molecule has 0 aliphatic carbocycles. The standard InChI is InChI=1S/C17H22F3N3OS.ClH/c18-17(19,20)14(23-8-6-21-7-9-23)11-22-16(24)15-13-4-2-1-3-12(13)5-10-25-15;/h1-4,14-15,21H,5-11H2,(H,22,24);1H. The second-order valence-electron chi connectivity index (χ2n) is 6.29. The topological polar surface area (TPSA) is 44.4 Å². The Labute approximate surface area is 161 Å². The quantitative estimate of drug-likeness (QED) is 0.801. The number of carbonyl (C=O) groups excluding carboxylic acids is 1. The fourth-order valence-corrected chi connectivity index (χ4v) is 4.56. The van der Waals surface area contributed by atoms with Crippen LogP contribution in [0.2, 0.25) is 0 Å². The van der Waals surface area contributed by atoms with Crippen LogP contribution in [0.3, 0.4) is 0 Å². The number of fused-ring (bicyclic) bond motifs is 1. The number of thioether (sulfide) groups is 1. The lowest BCUT2D eigenvalue weighted by Crippen LogP contribution is -2.57. The van der Waals surface area contributed by atoms with E-state index in [9.17, 15) is 18.0 Å². The molecule has 1 amide bonds. The SMILES string of the molecule is Cl.O=C(NCC(N1CCNCC1)C(F)(F)F)C1SCCc2ccccc21. The first-order chi connectivity index (χ1) is 12.0. The summed E-state index contributed by atoms with van der Waals surface area (Å²) in [6.07, 6.45) is -3.47. The monoisotopic (exact) mass is 409 g/mol. The van der Waals surface area contributed by atoms with E-state index in [4.69, 9.17) is 0 Å². The molecule has 9 heteroatoms. The van der Waals surface area contributed by atoms with Crippen molar-refractivity contribution in [2.45, 2.75) is 23.9 Å². The average Bonchev–Trinajstić information content (AvgIpc) is 2.61. The zero-order chi connectivity index (χ0) is 17.9. The molecule has 1 fully saturated rings. The molecule has 2 atom stereocenters. The summed E-state index contributed by atoms with van der Waals surface area (Å²) in [5.74, 6) is 0.469. The molecule has 2 heterocycles. The molecule has 0 radical (unpaired) electrons. The highest BCUT2D eigenvalue weighted by molar-refractivity contribution is 8.00. The fraction of sp³-hybridized carbons (Fsp3) is 0.588.